The van der Waals surface area contributed by atoms with E-state index in [0.29, 0.717) is 13.2 Å². The largest absolute Gasteiger partial charge is 0.376 e. The van der Waals surface area contributed by atoms with E-state index in [4.69, 9.17) is 9.47 Å². The summed E-state index contributed by atoms with van der Waals surface area (Å²) in [7, 11) is 0. The van der Waals surface area contributed by atoms with Crippen LogP contribution >= 0.6 is 0 Å². The summed E-state index contributed by atoms with van der Waals surface area (Å²) >= 11 is 0. The standard InChI is InChI=1S/C14H20O2/c1-14(2,3)13-10-15-9-12(16-13)11-7-5-4-6-8-11/h4-8,12-13H,9-10H2,1-3H3. The van der Waals surface area contributed by atoms with Gasteiger partial charge >= 0.3 is 0 Å². The minimum Gasteiger partial charge on any atom is -0.376 e. The lowest BCUT2D eigenvalue weighted by molar-refractivity contribution is -0.173. The van der Waals surface area contributed by atoms with Crippen molar-refractivity contribution in [3.63, 3.8) is 0 Å². The van der Waals surface area contributed by atoms with Crippen LogP contribution in [0.2, 0.25) is 0 Å². The lowest BCUT2D eigenvalue weighted by Crippen LogP contribution is -2.40. The molecule has 1 aliphatic heterocycles. The van der Waals surface area contributed by atoms with Gasteiger partial charge in [-0.25, -0.2) is 0 Å². The minimum absolute atomic E-state index is 0.0826. The lowest BCUT2D eigenvalue weighted by atomic mass is 9.88. The van der Waals surface area contributed by atoms with E-state index in [1.807, 2.05) is 18.2 Å². The molecule has 1 aromatic rings. The van der Waals surface area contributed by atoms with E-state index in [9.17, 15) is 0 Å². The lowest BCUT2D eigenvalue weighted by Gasteiger charge is -2.37. The molecule has 0 aromatic heterocycles. The Bertz CT molecular complexity index is 326. The molecule has 1 heterocycles. The van der Waals surface area contributed by atoms with E-state index < -0.39 is 0 Å². The highest BCUT2D eigenvalue weighted by molar-refractivity contribution is 5.18. The number of hydrogen-bond donors (Lipinski definition) is 0. The fourth-order valence-corrected chi connectivity index (χ4v) is 1.86. The van der Waals surface area contributed by atoms with E-state index in [-0.39, 0.29) is 17.6 Å². The third kappa shape index (κ3) is 2.63. The van der Waals surface area contributed by atoms with Crippen LogP contribution < -0.4 is 0 Å². The second-order valence-electron chi connectivity index (χ2n) is 5.43. The highest BCUT2D eigenvalue weighted by atomic mass is 16.6. The molecule has 0 N–H and O–H groups in total. The number of rotatable bonds is 1. The zero-order valence-electron chi connectivity index (χ0n) is 10.3. The van der Waals surface area contributed by atoms with E-state index in [1.165, 1.54) is 5.56 Å². The zero-order chi connectivity index (χ0) is 11.6. The number of ether oxygens (including phenoxy) is 2. The molecular formula is C14H20O2. The monoisotopic (exact) mass is 220 g/mol. The van der Waals surface area contributed by atoms with Crippen LogP contribution in [-0.4, -0.2) is 19.3 Å². The fourth-order valence-electron chi connectivity index (χ4n) is 1.86. The molecule has 88 valence electrons. The van der Waals surface area contributed by atoms with Crippen molar-refractivity contribution >= 4 is 0 Å². The summed E-state index contributed by atoms with van der Waals surface area (Å²) in [6.07, 6.45) is 0.255. The molecule has 1 aromatic carbocycles. The smallest absolute Gasteiger partial charge is 0.106 e. The normalized spacial score (nSPS) is 26.7. The maximum atomic E-state index is 6.11. The van der Waals surface area contributed by atoms with Gasteiger partial charge in [0.15, 0.2) is 0 Å². The van der Waals surface area contributed by atoms with Crippen molar-refractivity contribution in [2.24, 2.45) is 5.41 Å². The maximum Gasteiger partial charge on any atom is 0.106 e. The second kappa shape index (κ2) is 4.56. The molecule has 0 spiro atoms. The minimum atomic E-state index is 0.0826. The number of hydrogen-bond acceptors (Lipinski definition) is 2. The predicted octanol–water partition coefficient (Wildman–Crippen LogP) is 3.19. The Hall–Kier alpha value is -0.860. The summed E-state index contributed by atoms with van der Waals surface area (Å²) in [5, 5.41) is 0. The van der Waals surface area contributed by atoms with Gasteiger partial charge in [-0.15, -0.1) is 0 Å². The van der Waals surface area contributed by atoms with Crippen molar-refractivity contribution in [3.8, 4) is 0 Å². The third-order valence-corrected chi connectivity index (χ3v) is 3.00. The Balaban J connectivity index is 2.08. The molecule has 1 fully saturated rings. The summed E-state index contributed by atoms with van der Waals surface area (Å²) in [4.78, 5) is 0. The Kier molecular flexibility index (Phi) is 3.31. The molecule has 2 nitrogen and oxygen atoms in total. The molecule has 0 radical (unpaired) electrons. The van der Waals surface area contributed by atoms with Crippen LogP contribution in [0.4, 0.5) is 0 Å². The topological polar surface area (TPSA) is 18.5 Å². The van der Waals surface area contributed by atoms with E-state index >= 15 is 0 Å². The first-order valence-corrected chi connectivity index (χ1v) is 5.85. The molecule has 0 saturated carbocycles. The molecule has 2 atom stereocenters. The molecule has 0 bridgehead atoms. The zero-order valence-corrected chi connectivity index (χ0v) is 10.3. The van der Waals surface area contributed by atoms with Gasteiger partial charge in [-0.2, -0.15) is 0 Å². The van der Waals surface area contributed by atoms with Gasteiger partial charge in [0, 0.05) is 0 Å². The van der Waals surface area contributed by atoms with E-state index in [0.717, 1.165) is 0 Å². The number of benzene rings is 1. The first kappa shape index (κ1) is 11.6. The highest BCUT2D eigenvalue weighted by Crippen LogP contribution is 2.31. The van der Waals surface area contributed by atoms with Crippen LogP contribution in [-0.2, 0) is 9.47 Å². The second-order valence-corrected chi connectivity index (χ2v) is 5.43. The van der Waals surface area contributed by atoms with Crippen LogP contribution in [0.3, 0.4) is 0 Å². The van der Waals surface area contributed by atoms with Crippen LogP contribution in [0.1, 0.15) is 32.4 Å². The van der Waals surface area contributed by atoms with Crippen molar-refractivity contribution in [1.29, 1.82) is 0 Å². The summed E-state index contributed by atoms with van der Waals surface area (Å²) in [5.41, 5.74) is 1.34. The molecule has 2 heteroatoms. The SMILES string of the molecule is CC(C)(C)C1COCC(c2ccccc2)O1. The summed E-state index contributed by atoms with van der Waals surface area (Å²) in [6, 6.07) is 10.3. The average Bonchev–Trinajstić information content (AvgIpc) is 2.29. The van der Waals surface area contributed by atoms with Gasteiger partial charge < -0.3 is 9.47 Å². The van der Waals surface area contributed by atoms with Crippen LogP contribution in [0, 0.1) is 5.41 Å². The fraction of sp³-hybridized carbons (Fsp3) is 0.571. The quantitative estimate of drug-likeness (QED) is 0.723. The molecular weight excluding hydrogens is 200 g/mol. The van der Waals surface area contributed by atoms with Crippen molar-refractivity contribution in [1.82, 2.24) is 0 Å². The molecule has 2 unspecified atom stereocenters. The van der Waals surface area contributed by atoms with Gasteiger partial charge in [0.1, 0.15) is 6.10 Å². The summed E-state index contributed by atoms with van der Waals surface area (Å²) < 4.78 is 11.8. The molecule has 1 saturated heterocycles. The van der Waals surface area contributed by atoms with E-state index in [2.05, 4.69) is 32.9 Å². The maximum absolute atomic E-state index is 6.11. The van der Waals surface area contributed by atoms with Crippen molar-refractivity contribution < 1.29 is 9.47 Å². The van der Waals surface area contributed by atoms with Crippen LogP contribution in [0.5, 0.6) is 0 Å². The molecule has 16 heavy (non-hydrogen) atoms. The summed E-state index contributed by atoms with van der Waals surface area (Å²) in [6.45, 7) is 7.93. The Morgan fingerprint density at radius 1 is 1.06 bits per heavy atom. The average molecular weight is 220 g/mol. The first-order chi connectivity index (χ1) is 7.57. The van der Waals surface area contributed by atoms with Crippen molar-refractivity contribution in [2.45, 2.75) is 33.0 Å². The van der Waals surface area contributed by atoms with Gasteiger partial charge in [-0.05, 0) is 11.0 Å². The first-order valence-electron chi connectivity index (χ1n) is 5.85. The van der Waals surface area contributed by atoms with Gasteiger partial charge in [0.2, 0.25) is 0 Å². The van der Waals surface area contributed by atoms with Crippen LogP contribution in [0.25, 0.3) is 0 Å². The molecule has 2 rings (SSSR count). The highest BCUT2D eigenvalue weighted by Gasteiger charge is 2.32. The Labute approximate surface area is 97.6 Å². The van der Waals surface area contributed by atoms with Crippen LogP contribution in [0.15, 0.2) is 30.3 Å². The molecule has 0 amide bonds. The molecule has 0 aliphatic carbocycles. The van der Waals surface area contributed by atoms with Crippen molar-refractivity contribution in [2.75, 3.05) is 13.2 Å². The van der Waals surface area contributed by atoms with Gasteiger partial charge in [0.25, 0.3) is 0 Å². The molecule has 1 aliphatic rings. The van der Waals surface area contributed by atoms with Gasteiger partial charge in [0.05, 0.1) is 19.3 Å². The van der Waals surface area contributed by atoms with Gasteiger partial charge in [-0.3, -0.25) is 0 Å². The van der Waals surface area contributed by atoms with Crippen molar-refractivity contribution in [3.05, 3.63) is 35.9 Å². The Morgan fingerprint density at radius 3 is 2.38 bits per heavy atom. The summed E-state index contributed by atoms with van der Waals surface area (Å²) in [5.74, 6) is 0. The predicted molar refractivity (Wildman–Crippen MR) is 64.3 cm³/mol. The van der Waals surface area contributed by atoms with E-state index in [1.54, 1.807) is 0 Å². The Morgan fingerprint density at radius 2 is 1.75 bits per heavy atom. The van der Waals surface area contributed by atoms with Gasteiger partial charge in [-0.1, -0.05) is 51.1 Å². The third-order valence-electron chi connectivity index (χ3n) is 3.00.